The van der Waals surface area contributed by atoms with E-state index in [2.05, 4.69) is 5.32 Å². The monoisotopic (exact) mass is 190 g/mol. The van der Waals surface area contributed by atoms with Crippen molar-refractivity contribution in [1.29, 1.82) is 0 Å². The van der Waals surface area contributed by atoms with Crippen LogP contribution in [0.25, 0.3) is 0 Å². The molecule has 1 unspecified atom stereocenters. The molecule has 2 saturated heterocycles. The van der Waals surface area contributed by atoms with E-state index in [9.17, 15) is 8.42 Å². The van der Waals surface area contributed by atoms with Crippen LogP contribution in [0.4, 0.5) is 0 Å². The molecule has 2 fully saturated rings. The fraction of sp³-hybridized carbons (Fsp3) is 1.00. The van der Waals surface area contributed by atoms with Crippen LogP contribution in [0.1, 0.15) is 25.7 Å². The van der Waals surface area contributed by atoms with E-state index in [0.717, 1.165) is 12.8 Å². The van der Waals surface area contributed by atoms with E-state index in [1.54, 1.807) is 0 Å². The molecule has 2 heterocycles. The summed E-state index contributed by atoms with van der Waals surface area (Å²) in [6.45, 7) is 0. The number of hydrogen-bond donors (Lipinski definition) is 2. The third-order valence-corrected chi connectivity index (χ3v) is 4.21. The van der Waals surface area contributed by atoms with E-state index in [1.165, 1.54) is 0 Å². The number of rotatable bonds is 1. The molecule has 0 aromatic carbocycles. The molecule has 3 N–H and O–H groups in total. The standard InChI is InChI=1S/C7H14N2O2S/c8-12(10,11)7-3-5-1-2-6(4-7)9-5/h5-7,9H,1-4H2,(H2,8,10,11)/t5-,6+,7?. The Labute approximate surface area is 72.6 Å². The molecule has 2 aliphatic rings. The number of sulfonamides is 1. The molecule has 2 bridgehead atoms. The first-order valence-corrected chi connectivity index (χ1v) is 5.94. The van der Waals surface area contributed by atoms with E-state index in [-0.39, 0.29) is 5.25 Å². The van der Waals surface area contributed by atoms with Gasteiger partial charge in [-0.05, 0) is 25.7 Å². The first-order chi connectivity index (χ1) is 5.55. The SMILES string of the molecule is NS(=O)(=O)C1C[C@H]2CC[C@@H](C1)N2. The highest BCUT2D eigenvalue weighted by Crippen LogP contribution is 2.29. The van der Waals surface area contributed by atoms with Gasteiger partial charge in [0.15, 0.2) is 0 Å². The number of nitrogens with two attached hydrogens (primary N) is 1. The van der Waals surface area contributed by atoms with Crippen LogP contribution >= 0.6 is 0 Å². The Bertz CT molecular complexity index is 263. The summed E-state index contributed by atoms with van der Waals surface area (Å²) < 4.78 is 22.1. The number of primary sulfonamides is 1. The van der Waals surface area contributed by atoms with Crippen LogP contribution in [-0.4, -0.2) is 25.8 Å². The lowest BCUT2D eigenvalue weighted by Gasteiger charge is -2.27. The summed E-state index contributed by atoms with van der Waals surface area (Å²) in [5, 5.41) is 8.18. The van der Waals surface area contributed by atoms with Gasteiger partial charge in [-0.25, -0.2) is 13.6 Å². The van der Waals surface area contributed by atoms with Gasteiger partial charge >= 0.3 is 0 Å². The number of fused-ring (bicyclic) bond motifs is 2. The zero-order valence-electron chi connectivity index (χ0n) is 6.86. The van der Waals surface area contributed by atoms with E-state index in [4.69, 9.17) is 5.14 Å². The van der Waals surface area contributed by atoms with Crippen molar-refractivity contribution in [3.63, 3.8) is 0 Å². The van der Waals surface area contributed by atoms with Crippen molar-refractivity contribution < 1.29 is 8.42 Å². The van der Waals surface area contributed by atoms with Crippen molar-refractivity contribution in [2.75, 3.05) is 0 Å². The molecule has 3 atom stereocenters. The van der Waals surface area contributed by atoms with Gasteiger partial charge < -0.3 is 5.32 Å². The van der Waals surface area contributed by atoms with E-state index in [0.29, 0.717) is 24.9 Å². The van der Waals surface area contributed by atoms with Gasteiger partial charge in [0.25, 0.3) is 0 Å². The second-order valence-electron chi connectivity index (χ2n) is 3.82. The molecule has 0 radical (unpaired) electrons. The molecule has 0 aromatic rings. The Morgan fingerprint density at radius 1 is 1.17 bits per heavy atom. The van der Waals surface area contributed by atoms with Crippen molar-refractivity contribution in [2.24, 2.45) is 5.14 Å². The second kappa shape index (κ2) is 2.68. The summed E-state index contributed by atoms with van der Waals surface area (Å²) in [7, 11) is -3.29. The highest BCUT2D eigenvalue weighted by Gasteiger charge is 2.37. The number of hydrogen-bond acceptors (Lipinski definition) is 3. The Morgan fingerprint density at radius 2 is 1.67 bits per heavy atom. The summed E-state index contributed by atoms with van der Waals surface area (Å²) in [6.07, 6.45) is 3.62. The minimum atomic E-state index is -3.29. The van der Waals surface area contributed by atoms with Gasteiger partial charge in [-0.3, -0.25) is 0 Å². The van der Waals surface area contributed by atoms with Crippen LogP contribution in [0.15, 0.2) is 0 Å². The minimum absolute atomic E-state index is 0.295. The summed E-state index contributed by atoms with van der Waals surface area (Å²) in [5.74, 6) is 0. The summed E-state index contributed by atoms with van der Waals surface area (Å²) in [5.41, 5.74) is 0. The van der Waals surface area contributed by atoms with E-state index >= 15 is 0 Å². The molecule has 2 rings (SSSR count). The highest BCUT2D eigenvalue weighted by molar-refractivity contribution is 7.89. The summed E-state index contributed by atoms with van der Waals surface area (Å²) in [4.78, 5) is 0. The van der Waals surface area contributed by atoms with Crippen LogP contribution in [0.2, 0.25) is 0 Å². The van der Waals surface area contributed by atoms with Gasteiger partial charge in [-0.15, -0.1) is 0 Å². The molecule has 0 spiro atoms. The average molecular weight is 190 g/mol. The lowest BCUT2D eigenvalue weighted by atomic mass is 10.1. The highest BCUT2D eigenvalue weighted by atomic mass is 32.2. The first-order valence-electron chi connectivity index (χ1n) is 4.33. The Kier molecular flexibility index (Phi) is 1.89. The molecule has 4 nitrogen and oxygen atoms in total. The maximum absolute atomic E-state index is 11.1. The van der Waals surface area contributed by atoms with Crippen molar-refractivity contribution in [2.45, 2.75) is 43.0 Å². The molecule has 2 aliphatic heterocycles. The molecule has 0 aliphatic carbocycles. The van der Waals surface area contributed by atoms with Crippen molar-refractivity contribution in [3.8, 4) is 0 Å². The van der Waals surface area contributed by atoms with Crippen LogP contribution in [0.5, 0.6) is 0 Å². The fourth-order valence-corrected chi connectivity index (χ4v) is 3.27. The van der Waals surface area contributed by atoms with Crippen molar-refractivity contribution >= 4 is 10.0 Å². The topological polar surface area (TPSA) is 72.2 Å². The summed E-state index contributed by atoms with van der Waals surface area (Å²) >= 11 is 0. The van der Waals surface area contributed by atoms with Crippen LogP contribution < -0.4 is 10.5 Å². The average Bonchev–Trinajstić information content (AvgIpc) is 2.28. The van der Waals surface area contributed by atoms with Crippen LogP contribution in [0.3, 0.4) is 0 Å². The van der Waals surface area contributed by atoms with Crippen molar-refractivity contribution in [3.05, 3.63) is 0 Å². The normalized spacial score (nSPS) is 41.6. The second-order valence-corrected chi connectivity index (χ2v) is 5.67. The van der Waals surface area contributed by atoms with Gasteiger partial charge in [-0.2, -0.15) is 0 Å². The Morgan fingerprint density at radius 3 is 2.08 bits per heavy atom. The minimum Gasteiger partial charge on any atom is -0.311 e. The predicted octanol–water partition coefficient (Wildman–Crippen LogP) is -0.442. The van der Waals surface area contributed by atoms with E-state index in [1.807, 2.05) is 0 Å². The summed E-state index contributed by atoms with van der Waals surface area (Å²) in [6, 6.07) is 0.791. The van der Waals surface area contributed by atoms with Crippen LogP contribution in [0, 0.1) is 0 Å². The van der Waals surface area contributed by atoms with Gasteiger partial charge in [-0.1, -0.05) is 0 Å². The lowest BCUT2D eigenvalue weighted by molar-refractivity contribution is 0.401. The first kappa shape index (κ1) is 8.47. The molecular formula is C7H14N2O2S. The van der Waals surface area contributed by atoms with E-state index < -0.39 is 10.0 Å². The van der Waals surface area contributed by atoms with Crippen molar-refractivity contribution in [1.82, 2.24) is 5.32 Å². The molecular weight excluding hydrogens is 176 g/mol. The van der Waals surface area contributed by atoms with Crippen LogP contribution in [-0.2, 0) is 10.0 Å². The lowest BCUT2D eigenvalue weighted by Crippen LogP contribution is -2.45. The maximum Gasteiger partial charge on any atom is 0.212 e. The smallest absolute Gasteiger partial charge is 0.212 e. The maximum atomic E-state index is 11.1. The molecule has 12 heavy (non-hydrogen) atoms. The molecule has 0 amide bonds. The Hall–Kier alpha value is -0.130. The molecule has 0 aromatic heterocycles. The quantitative estimate of drug-likeness (QED) is 0.588. The van der Waals surface area contributed by atoms with Gasteiger partial charge in [0.05, 0.1) is 5.25 Å². The zero-order valence-corrected chi connectivity index (χ0v) is 7.68. The Balaban J connectivity index is 2.13. The largest absolute Gasteiger partial charge is 0.311 e. The molecule has 5 heteroatoms. The third kappa shape index (κ3) is 1.48. The van der Waals surface area contributed by atoms with Gasteiger partial charge in [0, 0.05) is 12.1 Å². The van der Waals surface area contributed by atoms with Gasteiger partial charge in [0.2, 0.25) is 10.0 Å². The predicted molar refractivity (Wildman–Crippen MR) is 46.1 cm³/mol. The third-order valence-electron chi connectivity index (χ3n) is 2.89. The number of nitrogens with one attached hydrogen (secondary N) is 1. The fourth-order valence-electron chi connectivity index (χ4n) is 2.27. The zero-order chi connectivity index (χ0) is 8.77. The van der Waals surface area contributed by atoms with Gasteiger partial charge in [0.1, 0.15) is 0 Å². The number of piperidine rings is 1. The molecule has 70 valence electrons. The molecule has 0 saturated carbocycles.